The van der Waals surface area contributed by atoms with Gasteiger partial charge in [-0.05, 0) is 36.4 Å². The van der Waals surface area contributed by atoms with Crippen LogP contribution in [-0.2, 0) is 10.0 Å². The number of aromatic amines is 1. The zero-order chi connectivity index (χ0) is 15.0. The second kappa shape index (κ2) is 5.01. The average molecular weight is 326 g/mol. The number of sulfonamides is 1. The lowest BCUT2D eigenvalue weighted by atomic mass is 10.2. The predicted molar refractivity (Wildman–Crippen MR) is 78.3 cm³/mol. The molecule has 3 aromatic rings. The summed E-state index contributed by atoms with van der Waals surface area (Å²) in [6, 6.07) is 8.24. The number of fused-ring (bicyclic) bond motifs is 1. The maximum Gasteiger partial charge on any atom is 0.264 e. The molecule has 0 unspecified atom stereocenters. The smallest absolute Gasteiger partial charge is 0.264 e. The van der Waals surface area contributed by atoms with Gasteiger partial charge in [0.1, 0.15) is 10.7 Å². The van der Waals surface area contributed by atoms with Crippen molar-refractivity contribution >= 4 is 38.2 Å². The van der Waals surface area contributed by atoms with E-state index in [9.17, 15) is 12.8 Å². The first-order valence-corrected chi connectivity index (χ1v) is 7.73. The van der Waals surface area contributed by atoms with E-state index in [2.05, 4.69) is 14.9 Å². The first kappa shape index (κ1) is 13.8. The minimum atomic E-state index is -4.03. The third kappa shape index (κ3) is 2.70. The van der Waals surface area contributed by atoms with Gasteiger partial charge in [-0.2, -0.15) is 5.10 Å². The Hall–Kier alpha value is -2.12. The largest absolute Gasteiger partial charge is 0.279 e. The third-order valence-electron chi connectivity index (χ3n) is 2.88. The lowest BCUT2D eigenvalue weighted by Gasteiger charge is -2.09. The van der Waals surface area contributed by atoms with Crippen LogP contribution in [0.3, 0.4) is 0 Å². The van der Waals surface area contributed by atoms with Crippen molar-refractivity contribution in [1.82, 2.24) is 10.2 Å². The summed E-state index contributed by atoms with van der Waals surface area (Å²) in [7, 11) is -4.03. The molecule has 0 bridgehead atoms. The highest BCUT2D eigenvalue weighted by atomic mass is 35.5. The van der Waals surface area contributed by atoms with E-state index in [1.165, 1.54) is 6.07 Å². The number of anilines is 1. The molecule has 1 heterocycles. The first-order chi connectivity index (χ1) is 9.95. The Labute approximate surface area is 124 Å². The number of rotatable bonds is 3. The molecule has 0 aliphatic rings. The summed E-state index contributed by atoms with van der Waals surface area (Å²) in [6.45, 7) is 0. The van der Waals surface area contributed by atoms with Crippen molar-refractivity contribution in [2.24, 2.45) is 0 Å². The van der Waals surface area contributed by atoms with Crippen molar-refractivity contribution in [3.05, 3.63) is 53.4 Å². The van der Waals surface area contributed by atoms with Crippen molar-refractivity contribution in [3.8, 4) is 0 Å². The highest BCUT2D eigenvalue weighted by Gasteiger charge is 2.19. The van der Waals surface area contributed by atoms with Gasteiger partial charge in [-0.25, -0.2) is 12.8 Å². The summed E-state index contributed by atoms with van der Waals surface area (Å²) in [5.41, 5.74) is 0.980. The van der Waals surface area contributed by atoms with E-state index >= 15 is 0 Å². The molecule has 0 spiro atoms. The molecule has 8 heteroatoms. The number of halogens is 2. The molecule has 0 saturated carbocycles. The van der Waals surface area contributed by atoms with Crippen LogP contribution in [0.4, 0.5) is 10.1 Å². The number of nitrogens with one attached hydrogen (secondary N) is 2. The number of aromatic nitrogens is 2. The molecule has 5 nitrogen and oxygen atoms in total. The molecule has 2 N–H and O–H groups in total. The van der Waals surface area contributed by atoms with Crippen LogP contribution in [0, 0.1) is 5.82 Å². The second-order valence-electron chi connectivity index (χ2n) is 4.35. The van der Waals surface area contributed by atoms with Crippen molar-refractivity contribution in [3.63, 3.8) is 0 Å². The molecule has 0 aliphatic heterocycles. The summed E-state index contributed by atoms with van der Waals surface area (Å²) in [5.74, 6) is -0.905. The van der Waals surface area contributed by atoms with Gasteiger partial charge in [-0.3, -0.25) is 9.82 Å². The average Bonchev–Trinajstić information content (AvgIpc) is 2.85. The number of H-pyrrole nitrogens is 1. The summed E-state index contributed by atoms with van der Waals surface area (Å²) in [4.78, 5) is -0.461. The van der Waals surface area contributed by atoms with E-state index in [0.717, 1.165) is 17.5 Å². The van der Waals surface area contributed by atoms with E-state index in [-0.39, 0.29) is 5.02 Å². The fourth-order valence-electron chi connectivity index (χ4n) is 1.90. The van der Waals surface area contributed by atoms with E-state index in [0.29, 0.717) is 11.2 Å². The maximum absolute atomic E-state index is 13.7. The molecule has 21 heavy (non-hydrogen) atoms. The zero-order valence-corrected chi connectivity index (χ0v) is 12.0. The molecule has 0 saturated heterocycles. The number of hydrogen-bond acceptors (Lipinski definition) is 3. The predicted octanol–water partition coefficient (Wildman–Crippen LogP) is 3.16. The second-order valence-corrected chi connectivity index (χ2v) is 6.44. The Morgan fingerprint density at radius 1 is 1.19 bits per heavy atom. The molecular formula is C13H9ClFN3O2S. The van der Waals surface area contributed by atoms with E-state index in [1.807, 2.05) is 0 Å². The maximum atomic E-state index is 13.7. The Balaban J connectivity index is 1.98. The van der Waals surface area contributed by atoms with Gasteiger partial charge in [-0.1, -0.05) is 11.6 Å². The lowest BCUT2D eigenvalue weighted by Crippen LogP contribution is -2.14. The van der Waals surface area contributed by atoms with Gasteiger partial charge in [0.25, 0.3) is 10.0 Å². The minimum Gasteiger partial charge on any atom is -0.279 e. The standard InChI is InChI=1S/C13H9ClFN3O2S/c14-9-2-4-13(11(15)5-9)21(19,20)18-10-3-1-8-7-16-17-12(8)6-10/h1-7,18H,(H,16,17). The van der Waals surface area contributed by atoms with E-state index < -0.39 is 20.7 Å². The monoisotopic (exact) mass is 325 g/mol. The van der Waals surface area contributed by atoms with Crippen LogP contribution in [0.25, 0.3) is 10.9 Å². The first-order valence-electron chi connectivity index (χ1n) is 5.87. The summed E-state index contributed by atoms with van der Waals surface area (Å²) in [6.07, 6.45) is 1.62. The molecule has 0 atom stereocenters. The van der Waals surface area contributed by atoms with Crippen LogP contribution in [0.15, 0.2) is 47.5 Å². The topological polar surface area (TPSA) is 74.8 Å². The Morgan fingerprint density at radius 2 is 2.00 bits per heavy atom. The van der Waals surface area contributed by atoms with Crippen molar-refractivity contribution < 1.29 is 12.8 Å². The normalized spacial score (nSPS) is 11.7. The zero-order valence-electron chi connectivity index (χ0n) is 10.5. The van der Waals surface area contributed by atoms with Crippen molar-refractivity contribution in [1.29, 1.82) is 0 Å². The number of benzene rings is 2. The lowest BCUT2D eigenvalue weighted by molar-refractivity contribution is 0.570. The molecule has 3 rings (SSSR count). The van der Waals surface area contributed by atoms with Gasteiger partial charge in [-0.15, -0.1) is 0 Å². The van der Waals surface area contributed by atoms with Gasteiger partial charge in [0.05, 0.1) is 17.4 Å². The van der Waals surface area contributed by atoms with Gasteiger partial charge in [0.15, 0.2) is 0 Å². The molecule has 1 aromatic heterocycles. The van der Waals surface area contributed by atoms with E-state index in [1.54, 1.807) is 24.4 Å². The van der Waals surface area contributed by atoms with E-state index in [4.69, 9.17) is 11.6 Å². The summed E-state index contributed by atoms with van der Waals surface area (Å²) in [5, 5.41) is 7.55. The molecule has 0 amide bonds. The Bertz CT molecular complexity index is 924. The Morgan fingerprint density at radius 3 is 2.76 bits per heavy atom. The van der Waals surface area contributed by atoms with Crippen LogP contribution >= 0.6 is 11.6 Å². The van der Waals surface area contributed by atoms with Crippen LogP contribution in [-0.4, -0.2) is 18.6 Å². The molecule has 2 aromatic carbocycles. The molecule has 0 aliphatic carbocycles. The fourth-order valence-corrected chi connectivity index (χ4v) is 3.17. The number of nitrogens with zero attached hydrogens (tertiary/aromatic N) is 1. The van der Waals surface area contributed by atoms with Crippen LogP contribution < -0.4 is 4.72 Å². The van der Waals surface area contributed by atoms with Crippen molar-refractivity contribution in [2.75, 3.05) is 4.72 Å². The summed E-state index contributed by atoms with van der Waals surface area (Å²) < 4.78 is 40.4. The molecular weight excluding hydrogens is 317 g/mol. The summed E-state index contributed by atoms with van der Waals surface area (Å²) >= 11 is 5.61. The molecule has 0 radical (unpaired) electrons. The van der Waals surface area contributed by atoms with Crippen LogP contribution in [0.5, 0.6) is 0 Å². The van der Waals surface area contributed by atoms with Gasteiger partial charge in [0.2, 0.25) is 0 Å². The fraction of sp³-hybridized carbons (Fsp3) is 0. The third-order valence-corrected chi connectivity index (χ3v) is 4.53. The van der Waals surface area contributed by atoms with Gasteiger partial charge >= 0.3 is 0 Å². The SMILES string of the molecule is O=S(=O)(Nc1ccc2cn[nH]c2c1)c1ccc(Cl)cc1F. The highest BCUT2D eigenvalue weighted by molar-refractivity contribution is 7.92. The Kier molecular flexibility index (Phi) is 3.30. The quantitative estimate of drug-likeness (QED) is 0.776. The van der Waals surface area contributed by atoms with Gasteiger partial charge in [0, 0.05) is 10.4 Å². The minimum absolute atomic E-state index is 0.130. The van der Waals surface area contributed by atoms with Crippen molar-refractivity contribution in [2.45, 2.75) is 4.90 Å². The highest BCUT2D eigenvalue weighted by Crippen LogP contribution is 2.23. The molecule has 0 fully saturated rings. The molecule has 108 valence electrons. The van der Waals surface area contributed by atoms with Gasteiger partial charge < -0.3 is 0 Å². The number of hydrogen-bond donors (Lipinski definition) is 2. The van der Waals surface area contributed by atoms with Crippen LogP contribution in [0.1, 0.15) is 0 Å². The van der Waals surface area contributed by atoms with Crippen LogP contribution in [0.2, 0.25) is 5.02 Å².